The van der Waals surface area contributed by atoms with Crippen molar-refractivity contribution in [2.24, 2.45) is 0 Å². The van der Waals surface area contributed by atoms with Crippen molar-refractivity contribution in [1.82, 2.24) is 9.97 Å². The number of hydrogen-bond donors (Lipinski definition) is 0. The molecular formula is C10H16FN3O. The molecule has 0 aliphatic heterocycles. The van der Waals surface area contributed by atoms with E-state index >= 15 is 0 Å². The lowest BCUT2D eigenvalue weighted by Crippen LogP contribution is -2.28. The van der Waals surface area contributed by atoms with Crippen molar-refractivity contribution in [3.05, 3.63) is 18.3 Å². The summed E-state index contributed by atoms with van der Waals surface area (Å²) >= 11 is 0. The van der Waals surface area contributed by atoms with Crippen LogP contribution in [0.25, 0.3) is 0 Å². The summed E-state index contributed by atoms with van der Waals surface area (Å²) in [5.41, 5.74) is 0. The maximum Gasteiger partial charge on any atom is 0.218 e. The van der Waals surface area contributed by atoms with Crippen molar-refractivity contribution in [3.8, 4) is 0 Å². The molecule has 15 heavy (non-hydrogen) atoms. The maximum absolute atomic E-state index is 12.8. The molecule has 0 atom stereocenters. The van der Waals surface area contributed by atoms with Gasteiger partial charge in [0, 0.05) is 25.8 Å². The van der Waals surface area contributed by atoms with Gasteiger partial charge in [0.1, 0.15) is 12.1 Å². The van der Waals surface area contributed by atoms with Gasteiger partial charge in [0.2, 0.25) is 5.95 Å². The predicted octanol–water partition coefficient (Wildman–Crippen LogP) is 1.48. The van der Waals surface area contributed by atoms with Gasteiger partial charge in [-0.15, -0.1) is 0 Å². The van der Waals surface area contributed by atoms with Crippen LogP contribution in [0.2, 0.25) is 0 Å². The highest BCUT2D eigenvalue weighted by Crippen LogP contribution is 2.09. The highest BCUT2D eigenvalue weighted by molar-refractivity contribution is 5.36. The van der Waals surface area contributed by atoms with E-state index in [-0.39, 0.29) is 0 Å². The van der Waals surface area contributed by atoms with Crippen molar-refractivity contribution in [3.63, 3.8) is 0 Å². The minimum atomic E-state index is -0.505. The van der Waals surface area contributed by atoms with Gasteiger partial charge in [-0.05, 0) is 13.8 Å². The Balaban J connectivity index is 2.57. The van der Waals surface area contributed by atoms with Crippen LogP contribution in [-0.2, 0) is 4.74 Å². The summed E-state index contributed by atoms with van der Waals surface area (Å²) in [5.74, 6) is 0.0968. The number of aromatic nitrogens is 2. The van der Waals surface area contributed by atoms with Crippen LogP contribution in [0.4, 0.5) is 10.2 Å². The zero-order valence-electron chi connectivity index (χ0n) is 9.11. The average Bonchev–Trinajstić information content (AvgIpc) is 2.24. The monoisotopic (exact) mass is 213 g/mol. The number of anilines is 1. The van der Waals surface area contributed by atoms with Gasteiger partial charge in [-0.2, -0.15) is 4.39 Å². The molecule has 1 rings (SSSR count). The molecule has 0 amide bonds. The smallest absolute Gasteiger partial charge is 0.218 e. The Bertz CT molecular complexity index is 296. The lowest BCUT2D eigenvalue weighted by atomic mass is 10.4. The largest absolute Gasteiger partial charge is 0.380 e. The third kappa shape index (κ3) is 3.79. The van der Waals surface area contributed by atoms with E-state index < -0.39 is 5.95 Å². The minimum Gasteiger partial charge on any atom is -0.380 e. The first kappa shape index (κ1) is 11.8. The van der Waals surface area contributed by atoms with Crippen molar-refractivity contribution in [1.29, 1.82) is 0 Å². The normalized spacial score (nSPS) is 10.3. The Hall–Kier alpha value is -1.23. The summed E-state index contributed by atoms with van der Waals surface area (Å²) < 4.78 is 18.1. The molecule has 0 saturated heterocycles. The average molecular weight is 213 g/mol. The molecule has 0 aliphatic rings. The van der Waals surface area contributed by atoms with E-state index in [1.165, 1.54) is 12.4 Å². The third-order valence-electron chi connectivity index (χ3n) is 2.03. The van der Waals surface area contributed by atoms with Crippen LogP contribution in [0.5, 0.6) is 0 Å². The Kier molecular flexibility index (Phi) is 4.97. The summed E-state index contributed by atoms with van der Waals surface area (Å²) in [6, 6.07) is 1.33. The van der Waals surface area contributed by atoms with Crippen LogP contribution >= 0.6 is 0 Å². The molecule has 4 nitrogen and oxygen atoms in total. The molecule has 0 aliphatic carbocycles. The number of rotatable bonds is 6. The van der Waals surface area contributed by atoms with Crippen molar-refractivity contribution < 1.29 is 9.13 Å². The summed E-state index contributed by atoms with van der Waals surface area (Å²) in [5, 5.41) is 0. The first-order chi connectivity index (χ1) is 7.27. The van der Waals surface area contributed by atoms with E-state index in [0.29, 0.717) is 25.6 Å². The van der Waals surface area contributed by atoms with Crippen molar-refractivity contribution in [2.75, 3.05) is 31.2 Å². The van der Waals surface area contributed by atoms with Gasteiger partial charge in [-0.25, -0.2) is 9.97 Å². The molecule has 5 heteroatoms. The summed E-state index contributed by atoms with van der Waals surface area (Å²) in [6.07, 6.45) is 1.23. The summed E-state index contributed by atoms with van der Waals surface area (Å²) in [7, 11) is 0. The molecule has 84 valence electrons. The van der Waals surface area contributed by atoms with E-state index in [4.69, 9.17) is 4.74 Å². The molecule has 0 aromatic carbocycles. The highest BCUT2D eigenvalue weighted by Gasteiger charge is 2.06. The quantitative estimate of drug-likeness (QED) is 0.530. The molecule has 0 radical (unpaired) electrons. The molecule has 1 aromatic heterocycles. The predicted molar refractivity (Wildman–Crippen MR) is 56.4 cm³/mol. The zero-order valence-corrected chi connectivity index (χ0v) is 9.11. The minimum absolute atomic E-state index is 0.505. The first-order valence-corrected chi connectivity index (χ1v) is 5.08. The fourth-order valence-electron chi connectivity index (χ4n) is 1.25. The van der Waals surface area contributed by atoms with Gasteiger partial charge in [-0.3, -0.25) is 0 Å². The Labute approximate surface area is 89.1 Å². The molecule has 0 fully saturated rings. The maximum atomic E-state index is 12.8. The molecule has 0 bridgehead atoms. The number of halogens is 1. The Morgan fingerprint density at radius 3 is 2.80 bits per heavy atom. The lowest BCUT2D eigenvalue weighted by molar-refractivity contribution is 0.154. The molecule has 1 heterocycles. The molecule has 0 N–H and O–H groups in total. The number of nitrogens with zero attached hydrogens (tertiary/aromatic N) is 3. The van der Waals surface area contributed by atoms with E-state index in [0.717, 1.165) is 6.54 Å². The van der Waals surface area contributed by atoms with Crippen LogP contribution < -0.4 is 4.90 Å². The van der Waals surface area contributed by atoms with Gasteiger partial charge in [0.05, 0.1) is 6.61 Å². The summed E-state index contributed by atoms with van der Waals surface area (Å²) in [4.78, 5) is 9.37. The second-order valence-corrected chi connectivity index (χ2v) is 2.98. The van der Waals surface area contributed by atoms with E-state index in [9.17, 15) is 4.39 Å². The Morgan fingerprint density at radius 2 is 2.20 bits per heavy atom. The lowest BCUT2D eigenvalue weighted by Gasteiger charge is -2.21. The number of ether oxygens (including phenoxy) is 1. The van der Waals surface area contributed by atoms with Gasteiger partial charge in [-0.1, -0.05) is 0 Å². The highest BCUT2D eigenvalue weighted by atomic mass is 19.1. The van der Waals surface area contributed by atoms with Crippen molar-refractivity contribution in [2.45, 2.75) is 13.8 Å². The van der Waals surface area contributed by atoms with Gasteiger partial charge in [0.15, 0.2) is 0 Å². The summed E-state index contributed by atoms with van der Waals surface area (Å²) in [6.45, 7) is 6.72. The second kappa shape index (κ2) is 6.29. The van der Waals surface area contributed by atoms with Crippen LogP contribution in [-0.4, -0.2) is 36.3 Å². The molecule has 0 unspecified atom stereocenters. The third-order valence-corrected chi connectivity index (χ3v) is 2.03. The van der Waals surface area contributed by atoms with Crippen LogP contribution in [0.15, 0.2) is 12.4 Å². The standard InChI is InChI=1S/C10H16FN3O/c1-3-14(5-6-15-4-2)10-7-9(11)12-8-13-10/h7-8H,3-6H2,1-2H3. The second-order valence-electron chi connectivity index (χ2n) is 2.98. The van der Waals surface area contributed by atoms with Gasteiger partial charge in [0.25, 0.3) is 0 Å². The van der Waals surface area contributed by atoms with Gasteiger partial charge >= 0.3 is 0 Å². The van der Waals surface area contributed by atoms with Gasteiger partial charge < -0.3 is 9.64 Å². The fourth-order valence-corrected chi connectivity index (χ4v) is 1.25. The van der Waals surface area contributed by atoms with E-state index in [2.05, 4.69) is 9.97 Å². The van der Waals surface area contributed by atoms with E-state index in [1.54, 1.807) is 0 Å². The van der Waals surface area contributed by atoms with Crippen LogP contribution in [0.3, 0.4) is 0 Å². The van der Waals surface area contributed by atoms with E-state index in [1.807, 2.05) is 18.7 Å². The van der Waals surface area contributed by atoms with Crippen LogP contribution in [0, 0.1) is 5.95 Å². The number of likely N-dealkylation sites (N-methyl/N-ethyl adjacent to an activating group) is 1. The first-order valence-electron chi connectivity index (χ1n) is 5.08. The zero-order chi connectivity index (χ0) is 11.1. The molecular weight excluding hydrogens is 197 g/mol. The van der Waals surface area contributed by atoms with Crippen LogP contribution in [0.1, 0.15) is 13.8 Å². The molecule has 0 saturated carbocycles. The number of hydrogen-bond acceptors (Lipinski definition) is 4. The molecule has 1 aromatic rings. The Morgan fingerprint density at radius 1 is 1.40 bits per heavy atom. The van der Waals surface area contributed by atoms with Crippen molar-refractivity contribution >= 4 is 5.82 Å². The topological polar surface area (TPSA) is 38.2 Å². The molecule has 0 spiro atoms. The fraction of sp³-hybridized carbons (Fsp3) is 0.600. The SMILES string of the molecule is CCOCCN(CC)c1cc(F)ncn1.